The number of nitrogens with zero attached hydrogens (tertiary/aromatic N) is 3. The Hall–Kier alpha value is -3.19. The monoisotopic (exact) mass is 463 g/mol. The lowest BCUT2D eigenvalue weighted by molar-refractivity contribution is -0.121. The minimum atomic E-state index is -0.330. The molecule has 2 aromatic carbocycles. The van der Waals surface area contributed by atoms with Crippen molar-refractivity contribution in [2.45, 2.75) is 26.2 Å². The van der Waals surface area contributed by atoms with Crippen LogP contribution in [0.2, 0.25) is 0 Å². The van der Waals surface area contributed by atoms with E-state index in [4.69, 9.17) is 9.47 Å². The third kappa shape index (κ3) is 4.57. The molecule has 3 aromatic rings. The number of piperidine rings is 1. The van der Waals surface area contributed by atoms with E-state index in [0.717, 1.165) is 54.8 Å². The Bertz CT molecular complexity index is 1210. The van der Waals surface area contributed by atoms with Gasteiger partial charge in [0.2, 0.25) is 0 Å². The lowest BCUT2D eigenvalue weighted by Gasteiger charge is -2.32. The summed E-state index contributed by atoms with van der Waals surface area (Å²) in [7, 11) is 1.60. The van der Waals surface area contributed by atoms with Crippen LogP contribution in [0.15, 0.2) is 42.5 Å². The van der Waals surface area contributed by atoms with E-state index in [1.165, 1.54) is 4.90 Å². The zero-order valence-corrected chi connectivity index (χ0v) is 19.7. The van der Waals surface area contributed by atoms with Crippen molar-refractivity contribution >= 4 is 22.5 Å². The van der Waals surface area contributed by atoms with Crippen molar-refractivity contribution in [3.63, 3.8) is 0 Å². The van der Waals surface area contributed by atoms with Crippen LogP contribution in [0.3, 0.4) is 0 Å². The first-order chi connectivity index (χ1) is 16.5. The number of benzene rings is 2. The Morgan fingerprint density at radius 3 is 2.79 bits per heavy atom. The summed E-state index contributed by atoms with van der Waals surface area (Å²) in [5.74, 6) is 1.17. The molecule has 0 unspecified atom stereocenters. The fourth-order valence-electron chi connectivity index (χ4n) is 4.90. The van der Waals surface area contributed by atoms with Gasteiger partial charge in [-0.25, -0.2) is 4.39 Å². The highest BCUT2D eigenvalue weighted by Crippen LogP contribution is 2.37. The maximum Gasteiger partial charge on any atom is 0.264 e. The summed E-state index contributed by atoms with van der Waals surface area (Å²) in [5, 5.41) is 1.04. The molecule has 178 valence electrons. The topological polar surface area (TPSA) is 54.9 Å². The van der Waals surface area contributed by atoms with Crippen LogP contribution in [-0.4, -0.2) is 55.7 Å². The van der Waals surface area contributed by atoms with Crippen LogP contribution >= 0.6 is 0 Å². The van der Waals surface area contributed by atoms with E-state index < -0.39 is 0 Å². The molecule has 2 aliphatic heterocycles. The van der Waals surface area contributed by atoms with E-state index in [-0.39, 0.29) is 24.0 Å². The number of carbonyl (C=O) groups is 1. The van der Waals surface area contributed by atoms with Gasteiger partial charge in [-0.3, -0.25) is 14.7 Å². The van der Waals surface area contributed by atoms with Crippen molar-refractivity contribution in [1.29, 1.82) is 0 Å². The maximum absolute atomic E-state index is 15.2. The summed E-state index contributed by atoms with van der Waals surface area (Å²) in [5.41, 5.74) is 2.87. The van der Waals surface area contributed by atoms with Gasteiger partial charge in [0.05, 0.1) is 5.52 Å². The number of hydrogen-bond acceptors (Lipinski definition) is 5. The molecule has 5 rings (SSSR count). The van der Waals surface area contributed by atoms with Crippen molar-refractivity contribution in [1.82, 2.24) is 9.88 Å². The highest BCUT2D eigenvalue weighted by atomic mass is 19.1. The standard InChI is InChI=1S/C27H30FN3O3/c1-18-6-8-21-22(29-18)4-3-5-23(21)33-15-14-31-12-10-19(11-13-31)16-20-7-9-24-27(26(20)28)30(2)25(32)17-34-24/h3-9,19H,10-17H2,1-2H3. The fraction of sp³-hybridized carbons (Fsp3) is 0.407. The Balaban J connectivity index is 1.13. The normalized spacial score (nSPS) is 17.0. The number of hydrogen-bond donors (Lipinski definition) is 0. The Morgan fingerprint density at radius 1 is 1.15 bits per heavy atom. The zero-order valence-electron chi connectivity index (χ0n) is 19.7. The van der Waals surface area contributed by atoms with Crippen LogP contribution in [0.25, 0.3) is 10.9 Å². The Labute approximate surface area is 199 Å². The van der Waals surface area contributed by atoms with Crippen LogP contribution < -0.4 is 14.4 Å². The highest BCUT2D eigenvalue weighted by Gasteiger charge is 2.28. The smallest absolute Gasteiger partial charge is 0.264 e. The zero-order chi connectivity index (χ0) is 23.7. The van der Waals surface area contributed by atoms with E-state index >= 15 is 4.39 Å². The molecule has 0 aliphatic carbocycles. The lowest BCUT2D eigenvalue weighted by Crippen LogP contribution is -2.37. The summed E-state index contributed by atoms with van der Waals surface area (Å²) in [6.07, 6.45) is 2.70. The first kappa shape index (κ1) is 22.6. The van der Waals surface area contributed by atoms with Crippen LogP contribution in [-0.2, 0) is 11.2 Å². The van der Waals surface area contributed by atoms with Crippen molar-refractivity contribution in [3.8, 4) is 11.5 Å². The van der Waals surface area contributed by atoms with Crippen molar-refractivity contribution < 1.29 is 18.7 Å². The van der Waals surface area contributed by atoms with E-state index in [9.17, 15) is 4.79 Å². The van der Waals surface area contributed by atoms with Gasteiger partial charge >= 0.3 is 0 Å². The molecule has 0 radical (unpaired) electrons. The van der Waals surface area contributed by atoms with E-state index in [2.05, 4.69) is 16.0 Å². The van der Waals surface area contributed by atoms with Gasteiger partial charge in [-0.05, 0) is 81.1 Å². The number of carbonyl (C=O) groups excluding carboxylic acids is 1. The van der Waals surface area contributed by atoms with Gasteiger partial charge in [0.25, 0.3) is 5.91 Å². The number of amides is 1. The number of pyridine rings is 1. The summed E-state index contributed by atoms with van der Waals surface area (Å²) < 4.78 is 26.7. The van der Waals surface area contributed by atoms with Gasteiger partial charge in [-0.1, -0.05) is 12.1 Å². The first-order valence-electron chi connectivity index (χ1n) is 11.9. The summed E-state index contributed by atoms with van der Waals surface area (Å²) in [6, 6.07) is 13.6. The van der Waals surface area contributed by atoms with E-state index in [1.807, 2.05) is 31.2 Å². The number of likely N-dealkylation sites (N-methyl/N-ethyl adjacent to an activating group) is 1. The third-order valence-corrected chi connectivity index (χ3v) is 6.93. The van der Waals surface area contributed by atoms with Gasteiger partial charge < -0.3 is 14.4 Å². The van der Waals surface area contributed by atoms with Crippen molar-refractivity contribution in [3.05, 3.63) is 59.5 Å². The molecular weight excluding hydrogens is 433 g/mol. The second-order valence-corrected chi connectivity index (χ2v) is 9.24. The molecule has 1 fully saturated rings. The van der Waals surface area contributed by atoms with Crippen molar-refractivity contribution in [2.75, 3.05) is 44.8 Å². The predicted octanol–water partition coefficient (Wildman–Crippen LogP) is 4.37. The average Bonchev–Trinajstić information content (AvgIpc) is 2.84. The molecule has 0 bridgehead atoms. The van der Waals surface area contributed by atoms with Gasteiger partial charge in [-0.15, -0.1) is 0 Å². The molecule has 0 atom stereocenters. The van der Waals surface area contributed by atoms with Crippen LogP contribution in [0.1, 0.15) is 24.1 Å². The molecule has 0 saturated carbocycles. The number of fused-ring (bicyclic) bond motifs is 2. The third-order valence-electron chi connectivity index (χ3n) is 6.93. The minimum Gasteiger partial charge on any atom is -0.492 e. The van der Waals surface area contributed by atoms with Crippen LogP contribution in [0, 0.1) is 18.7 Å². The maximum atomic E-state index is 15.2. The molecule has 1 saturated heterocycles. The van der Waals surface area contributed by atoms with Crippen LogP contribution in [0.4, 0.5) is 10.1 Å². The minimum absolute atomic E-state index is 0.0402. The van der Waals surface area contributed by atoms with E-state index in [1.54, 1.807) is 19.2 Å². The molecule has 7 heteroatoms. The number of rotatable bonds is 6. The van der Waals surface area contributed by atoms with Gasteiger partial charge in [0.15, 0.2) is 12.4 Å². The average molecular weight is 464 g/mol. The first-order valence-corrected chi connectivity index (χ1v) is 11.9. The quantitative estimate of drug-likeness (QED) is 0.543. The number of halogens is 1. The van der Waals surface area contributed by atoms with Gasteiger partial charge in [-0.2, -0.15) is 0 Å². The fourth-order valence-corrected chi connectivity index (χ4v) is 4.90. The predicted molar refractivity (Wildman–Crippen MR) is 130 cm³/mol. The van der Waals surface area contributed by atoms with E-state index in [0.29, 0.717) is 30.3 Å². The summed E-state index contributed by atoms with van der Waals surface area (Å²) in [4.78, 5) is 20.3. The Morgan fingerprint density at radius 2 is 1.97 bits per heavy atom. The molecule has 34 heavy (non-hydrogen) atoms. The number of aryl methyl sites for hydroxylation is 1. The molecule has 1 aromatic heterocycles. The highest BCUT2D eigenvalue weighted by molar-refractivity contribution is 5.97. The molecule has 0 spiro atoms. The largest absolute Gasteiger partial charge is 0.492 e. The SMILES string of the molecule is Cc1ccc2c(OCCN3CCC(Cc4ccc5c(c4F)N(C)C(=O)CO5)CC3)cccc2n1. The molecule has 2 aliphatic rings. The van der Waals surface area contributed by atoms with Crippen molar-refractivity contribution in [2.24, 2.45) is 5.92 Å². The summed E-state index contributed by atoms with van der Waals surface area (Å²) in [6.45, 7) is 5.37. The number of anilines is 1. The summed E-state index contributed by atoms with van der Waals surface area (Å²) >= 11 is 0. The Kier molecular flexibility index (Phi) is 6.37. The second kappa shape index (κ2) is 9.58. The number of likely N-dealkylation sites (tertiary alicyclic amines) is 1. The molecule has 0 N–H and O–H groups in total. The number of aromatic nitrogens is 1. The van der Waals surface area contributed by atoms with Crippen LogP contribution in [0.5, 0.6) is 11.5 Å². The van der Waals surface area contributed by atoms with Gasteiger partial charge in [0, 0.05) is 24.7 Å². The second-order valence-electron chi connectivity index (χ2n) is 9.24. The lowest BCUT2D eigenvalue weighted by atomic mass is 9.89. The number of ether oxygens (including phenoxy) is 2. The molecular formula is C27H30FN3O3. The van der Waals surface area contributed by atoms with Gasteiger partial charge in [0.1, 0.15) is 23.8 Å². The molecule has 3 heterocycles. The molecule has 1 amide bonds. The molecule has 6 nitrogen and oxygen atoms in total.